The fraction of sp³-hybridized carbons (Fsp3) is 0.167. The summed E-state index contributed by atoms with van der Waals surface area (Å²) in [5.41, 5.74) is 1.01. The molecule has 2 aromatic rings. The number of hydrogen-bond acceptors (Lipinski definition) is 3. The number of benzene rings is 1. The van der Waals surface area contributed by atoms with Crippen LogP contribution in [0.3, 0.4) is 0 Å². The molecule has 1 aromatic heterocycles. The third kappa shape index (κ3) is 3.14. The Bertz CT molecular complexity index is 497. The van der Waals surface area contributed by atoms with E-state index in [-0.39, 0.29) is 24.7 Å². The molecule has 2 rings (SSSR count). The van der Waals surface area contributed by atoms with Gasteiger partial charge in [0, 0.05) is 12.1 Å². The number of halogens is 1. The lowest BCUT2D eigenvalue weighted by Gasteiger charge is -2.04. The van der Waals surface area contributed by atoms with E-state index in [1.807, 2.05) is 0 Å². The molecule has 0 saturated heterocycles. The molecule has 0 aliphatic rings. The van der Waals surface area contributed by atoms with Crippen molar-refractivity contribution in [1.29, 1.82) is 0 Å². The van der Waals surface area contributed by atoms with Crippen LogP contribution in [0.4, 0.5) is 4.39 Å². The summed E-state index contributed by atoms with van der Waals surface area (Å²) in [6.45, 7) is 0.170. The molecule has 5 heteroatoms. The normalized spacial score (nSPS) is 10.2. The molecule has 0 aliphatic carbocycles. The fourth-order valence-corrected chi connectivity index (χ4v) is 1.39. The van der Waals surface area contributed by atoms with E-state index in [0.717, 1.165) is 0 Å². The highest BCUT2D eigenvalue weighted by atomic mass is 19.1. The minimum absolute atomic E-state index is 0.130. The van der Waals surface area contributed by atoms with Crippen molar-refractivity contribution >= 4 is 5.91 Å². The van der Waals surface area contributed by atoms with Crippen LogP contribution < -0.4 is 5.32 Å². The molecule has 1 heterocycles. The molecule has 17 heavy (non-hydrogen) atoms. The van der Waals surface area contributed by atoms with Gasteiger partial charge in [0.2, 0.25) is 5.91 Å². The molecule has 0 aliphatic heterocycles. The number of amides is 1. The van der Waals surface area contributed by atoms with Gasteiger partial charge in [-0.05, 0) is 6.07 Å². The minimum Gasteiger partial charge on any atom is -0.451 e. The second-order valence-electron chi connectivity index (χ2n) is 3.52. The summed E-state index contributed by atoms with van der Waals surface area (Å²) in [5, 5.41) is 2.62. The molecule has 0 atom stereocenters. The van der Waals surface area contributed by atoms with Gasteiger partial charge in [-0.2, -0.15) is 0 Å². The Morgan fingerprint density at radius 2 is 2.24 bits per heavy atom. The lowest BCUT2D eigenvalue weighted by molar-refractivity contribution is -0.120. The first-order valence-electron chi connectivity index (χ1n) is 5.13. The van der Waals surface area contributed by atoms with Gasteiger partial charge in [-0.15, -0.1) is 0 Å². The smallest absolute Gasteiger partial charge is 0.226 e. The number of carbonyl (C=O) groups excluding carboxylic acids is 1. The molecule has 0 spiro atoms. The maximum Gasteiger partial charge on any atom is 0.226 e. The molecular weight excluding hydrogens is 223 g/mol. The van der Waals surface area contributed by atoms with Gasteiger partial charge in [0.15, 0.2) is 6.39 Å². The Hall–Kier alpha value is -2.17. The SMILES string of the molecule is O=C(Cc1cocn1)NCc1ccccc1F. The maximum absolute atomic E-state index is 13.2. The third-order valence-electron chi connectivity index (χ3n) is 2.26. The molecule has 1 N–H and O–H groups in total. The molecule has 1 amide bonds. The zero-order chi connectivity index (χ0) is 12.1. The summed E-state index contributed by atoms with van der Waals surface area (Å²) < 4.78 is 18.0. The van der Waals surface area contributed by atoms with Crippen molar-refractivity contribution in [2.24, 2.45) is 0 Å². The summed E-state index contributed by atoms with van der Waals surface area (Å²) in [6, 6.07) is 6.32. The molecule has 1 aromatic carbocycles. The Labute approximate surface area is 97.5 Å². The lowest BCUT2D eigenvalue weighted by Crippen LogP contribution is -2.25. The van der Waals surface area contributed by atoms with Crippen LogP contribution in [0.25, 0.3) is 0 Å². The molecule has 0 bridgehead atoms. The predicted octanol–water partition coefficient (Wildman–Crippen LogP) is 1.67. The van der Waals surface area contributed by atoms with E-state index in [1.54, 1.807) is 18.2 Å². The van der Waals surface area contributed by atoms with Crippen LogP contribution in [0.2, 0.25) is 0 Å². The van der Waals surface area contributed by atoms with E-state index in [2.05, 4.69) is 10.3 Å². The van der Waals surface area contributed by atoms with Crippen molar-refractivity contribution in [3.63, 3.8) is 0 Å². The number of nitrogens with one attached hydrogen (secondary N) is 1. The van der Waals surface area contributed by atoms with Crippen LogP contribution in [0, 0.1) is 5.82 Å². The number of nitrogens with zero attached hydrogens (tertiary/aromatic N) is 1. The summed E-state index contributed by atoms with van der Waals surface area (Å²) >= 11 is 0. The van der Waals surface area contributed by atoms with Gasteiger partial charge in [-0.3, -0.25) is 4.79 Å². The van der Waals surface area contributed by atoms with Crippen molar-refractivity contribution in [1.82, 2.24) is 10.3 Å². The first-order chi connectivity index (χ1) is 8.25. The highest BCUT2D eigenvalue weighted by Crippen LogP contribution is 2.05. The summed E-state index contributed by atoms with van der Waals surface area (Å²) in [6.07, 6.45) is 2.80. The quantitative estimate of drug-likeness (QED) is 0.875. The first kappa shape index (κ1) is 11.3. The second kappa shape index (κ2) is 5.25. The number of aromatic nitrogens is 1. The Balaban J connectivity index is 1.86. The zero-order valence-electron chi connectivity index (χ0n) is 9.02. The Morgan fingerprint density at radius 1 is 1.41 bits per heavy atom. The lowest BCUT2D eigenvalue weighted by atomic mass is 10.2. The van der Waals surface area contributed by atoms with Crippen molar-refractivity contribution in [3.8, 4) is 0 Å². The van der Waals surface area contributed by atoms with E-state index in [0.29, 0.717) is 11.3 Å². The molecular formula is C12H11FN2O2. The number of oxazole rings is 1. The van der Waals surface area contributed by atoms with Gasteiger partial charge in [0.25, 0.3) is 0 Å². The Kier molecular flexibility index (Phi) is 3.49. The van der Waals surface area contributed by atoms with Gasteiger partial charge in [0.1, 0.15) is 12.1 Å². The molecule has 0 saturated carbocycles. The van der Waals surface area contributed by atoms with E-state index >= 15 is 0 Å². The third-order valence-corrected chi connectivity index (χ3v) is 2.26. The highest BCUT2D eigenvalue weighted by molar-refractivity contribution is 5.77. The van der Waals surface area contributed by atoms with Crippen LogP contribution in [0.15, 0.2) is 41.3 Å². The standard InChI is InChI=1S/C12H11FN2O2/c13-11-4-2-1-3-9(11)6-14-12(16)5-10-7-17-8-15-10/h1-4,7-8H,5-6H2,(H,14,16). The maximum atomic E-state index is 13.2. The minimum atomic E-state index is -0.325. The number of carbonyl (C=O) groups is 1. The molecule has 0 unspecified atom stereocenters. The molecule has 0 fully saturated rings. The van der Waals surface area contributed by atoms with Crippen LogP contribution in [0.1, 0.15) is 11.3 Å². The highest BCUT2D eigenvalue weighted by Gasteiger charge is 2.06. The monoisotopic (exact) mass is 234 g/mol. The summed E-state index contributed by atoms with van der Waals surface area (Å²) in [4.78, 5) is 15.3. The predicted molar refractivity (Wildman–Crippen MR) is 58.5 cm³/mol. The van der Waals surface area contributed by atoms with E-state index in [1.165, 1.54) is 18.7 Å². The summed E-state index contributed by atoms with van der Waals surface area (Å²) in [7, 11) is 0. The second-order valence-corrected chi connectivity index (χ2v) is 3.52. The van der Waals surface area contributed by atoms with Crippen LogP contribution >= 0.6 is 0 Å². The average molecular weight is 234 g/mol. The molecule has 88 valence electrons. The van der Waals surface area contributed by atoms with Gasteiger partial charge < -0.3 is 9.73 Å². The largest absolute Gasteiger partial charge is 0.451 e. The number of hydrogen-bond donors (Lipinski definition) is 1. The Morgan fingerprint density at radius 3 is 2.94 bits per heavy atom. The van der Waals surface area contributed by atoms with Crippen molar-refractivity contribution in [2.75, 3.05) is 0 Å². The van der Waals surface area contributed by atoms with Crippen molar-refractivity contribution in [2.45, 2.75) is 13.0 Å². The fourth-order valence-electron chi connectivity index (χ4n) is 1.39. The van der Waals surface area contributed by atoms with E-state index in [4.69, 9.17) is 4.42 Å². The number of rotatable bonds is 4. The van der Waals surface area contributed by atoms with Gasteiger partial charge in [0.05, 0.1) is 12.1 Å². The summed E-state index contributed by atoms with van der Waals surface area (Å²) in [5.74, 6) is -0.545. The molecule has 0 radical (unpaired) electrons. The van der Waals surface area contributed by atoms with Crippen LogP contribution in [-0.2, 0) is 17.8 Å². The van der Waals surface area contributed by atoms with Gasteiger partial charge in [-0.25, -0.2) is 9.37 Å². The average Bonchev–Trinajstić information content (AvgIpc) is 2.81. The van der Waals surface area contributed by atoms with Crippen molar-refractivity contribution in [3.05, 3.63) is 54.0 Å². The topological polar surface area (TPSA) is 55.1 Å². The van der Waals surface area contributed by atoms with Gasteiger partial charge in [-0.1, -0.05) is 18.2 Å². The van der Waals surface area contributed by atoms with Crippen LogP contribution in [-0.4, -0.2) is 10.9 Å². The van der Waals surface area contributed by atoms with E-state index in [9.17, 15) is 9.18 Å². The zero-order valence-corrected chi connectivity index (χ0v) is 9.02. The first-order valence-corrected chi connectivity index (χ1v) is 5.13. The van der Waals surface area contributed by atoms with E-state index < -0.39 is 0 Å². The van der Waals surface area contributed by atoms with Gasteiger partial charge >= 0.3 is 0 Å². The van der Waals surface area contributed by atoms with Crippen molar-refractivity contribution < 1.29 is 13.6 Å². The van der Waals surface area contributed by atoms with Crippen LogP contribution in [0.5, 0.6) is 0 Å². The molecule has 4 nitrogen and oxygen atoms in total.